The lowest BCUT2D eigenvalue weighted by atomic mass is 9.80. The molecule has 0 bridgehead atoms. The first-order chi connectivity index (χ1) is 12.0. The molecule has 1 fully saturated rings. The third-order valence-corrected chi connectivity index (χ3v) is 5.73. The number of carbonyl (C=O) groups excluding carboxylic acids is 2. The van der Waals surface area contributed by atoms with Gasteiger partial charge < -0.3 is 15.4 Å². The summed E-state index contributed by atoms with van der Waals surface area (Å²) in [5.74, 6) is 1.03. The second-order valence-electron chi connectivity index (χ2n) is 6.85. The Kier molecular flexibility index (Phi) is 8.57. The summed E-state index contributed by atoms with van der Waals surface area (Å²) in [6.07, 6.45) is 2.93. The molecule has 0 aromatic heterocycles. The van der Waals surface area contributed by atoms with Crippen molar-refractivity contribution in [3.8, 4) is 5.75 Å². The Balaban J connectivity index is 0.00000338. The Labute approximate surface area is 162 Å². The van der Waals surface area contributed by atoms with E-state index in [1.165, 1.54) is 0 Å². The highest BCUT2D eigenvalue weighted by Gasteiger charge is 2.38. The molecule has 1 aromatic rings. The van der Waals surface area contributed by atoms with Crippen LogP contribution in [0.3, 0.4) is 0 Å². The minimum atomic E-state index is -0.452. The molecule has 6 heteroatoms. The van der Waals surface area contributed by atoms with Gasteiger partial charge in [-0.2, -0.15) is 0 Å². The van der Waals surface area contributed by atoms with E-state index in [1.807, 2.05) is 43.0 Å². The molecular formula is C20H31ClN2O3. The maximum Gasteiger partial charge on any atom is 0.230 e. The number of amides is 1. The van der Waals surface area contributed by atoms with E-state index >= 15 is 0 Å². The lowest BCUT2D eigenvalue weighted by Gasteiger charge is -2.38. The zero-order valence-electron chi connectivity index (χ0n) is 16.0. The molecule has 0 radical (unpaired) electrons. The van der Waals surface area contributed by atoms with Crippen molar-refractivity contribution >= 4 is 24.1 Å². The van der Waals surface area contributed by atoms with Crippen molar-refractivity contribution in [3.63, 3.8) is 0 Å². The number of halogens is 1. The summed E-state index contributed by atoms with van der Waals surface area (Å²) in [6.45, 7) is 5.69. The fourth-order valence-corrected chi connectivity index (χ4v) is 3.60. The molecule has 1 saturated heterocycles. The van der Waals surface area contributed by atoms with Gasteiger partial charge in [-0.15, -0.1) is 12.4 Å². The molecule has 1 amide bonds. The van der Waals surface area contributed by atoms with Crippen LogP contribution in [0.15, 0.2) is 24.3 Å². The Morgan fingerprint density at radius 1 is 1.15 bits per heavy atom. The molecule has 0 spiro atoms. The van der Waals surface area contributed by atoms with E-state index in [0.717, 1.165) is 18.6 Å². The number of nitrogens with zero attached hydrogens (tertiary/aromatic N) is 1. The predicted octanol–water partition coefficient (Wildman–Crippen LogP) is 3.30. The first-order valence-corrected chi connectivity index (χ1v) is 9.19. The van der Waals surface area contributed by atoms with E-state index in [1.54, 1.807) is 7.11 Å². The molecule has 0 atom stereocenters. The highest BCUT2D eigenvalue weighted by Crippen LogP contribution is 2.31. The van der Waals surface area contributed by atoms with Gasteiger partial charge in [0, 0.05) is 31.1 Å². The Morgan fingerprint density at radius 3 is 2.12 bits per heavy atom. The normalized spacial score (nSPS) is 15.3. The number of ether oxygens (including phenoxy) is 1. The number of rotatable bonds is 7. The number of nitrogens with two attached hydrogens (primary N) is 1. The van der Waals surface area contributed by atoms with Gasteiger partial charge in [0.05, 0.1) is 12.5 Å². The summed E-state index contributed by atoms with van der Waals surface area (Å²) in [5.41, 5.74) is 6.16. The van der Waals surface area contributed by atoms with Crippen molar-refractivity contribution < 1.29 is 14.3 Å². The second-order valence-corrected chi connectivity index (χ2v) is 6.85. The SMILES string of the molecule is CCC(CC)(CN)C(=O)N1CCC(C(=O)c2ccc(OC)cc2)CC1.Cl. The van der Waals surface area contributed by atoms with Crippen molar-refractivity contribution in [1.29, 1.82) is 0 Å². The fourth-order valence-electron chi connectivity index (χ4n) is 3.60. The number of hydrogen-bond acceptors (Lipinski definition) is 4. The highest BCUT2D eigenvalue weighted by atomic mass is 35.5. The summed E-state index contributed by atoms with van der Waals surface area (Å²) in [6, 6.07) is 7.24. The van der Waals surface area contributed by atoms with Gasteiger partial charge in [-0.25, -0.2) is 0 Å². The van der Waals surface area contributed by atoms with Gasteiger partial charge in [0.15, 0.2) is 5.78 Å². The van der Waals surface area contributed by atoms with Crippen molar-refractivity contribution in [2.24, 2.45) is 17.1 Å². The van der Waals surface area contributed by atoms with Crippen LogP contribution >= 0.6 is 12.4 Å². The first kappa shape index (κ1) is 22.5. The van der Waals surface area contributed by atoms with Crippen LogP contribution in [0.1, 0.15) is 49.9 Å². The van der Waals surface area contributed by atoms with Crippen molar-refractivity contribution in [2.75, 3.05) is 26.7 Å². The number of ketones is 1. The van der Waals surface area contributed by atoms with Crippen molar-refractivity contribution in [2.45, 2.75) is 39.5 Å². The summed E-state index contributed by atoms with van der Waals surface area (Å²) < 4.78 is 5.13. The Morgan fingerprint density at radius 2 is 1.69 bits per heavy atom. The zero-order chi connectivity index (χ0) is 18.4. The summed E-state index contributed by atoms with van der Waals surface area (Å²) in [5, 5.41) is 0. The summed E-state index contributed by atoms with van der Waals surface area (Å²) >= 11 is 0. The van der Waals surface area contributed by atoms with E-state index in [-0.39, 0.29) is 30.0 Å². The van der Waals surface area contributed by atoms with Crippen LogP contribution < -0.4 is 10.5 Å². The van der Waals surface area contributed by atoms with E-state index in [9.17, 15) is 9.59 Å². The van der Waals surface area contributed by atoms with Gasteiger partial charge in [-0.3, -0.25) is 9.59 Å². The monoisotopic (exact) mass is 382 g/mol. The topological polar surface area (TPSA) is 72.6 Å². The number of benzene rings is 1. The lowest BCUT2D eigenvalue weighted by Crippen LogP contribution is -2.50. The molecular weight excluding hydrogens is 352 g/mol. The van der Waals surface area contributed by atoms with Gasteiger partial charge in [0.25, 0.3) is 0 Å². The first-order valence-electron chi connectivity index (χ1n) is 9.19. The quantitative estimate of drug-likeness (QED) is 0.734. The maximum absolute atomic E-state index is 12.9. The molecule has 2 rings (SSSR count). The largest absolute Gasteiger partial charge is 0.497 e. The van der Waals surface area contributed by atoms with E-state index < -0.39 is 5.41 Å². The van der Waals surface area contributed by atoms with Crippen LogP contribution in [0.4, 0.5) is 0 Å². The minimum Gasteiger partial charge on any atom is -0.497 e. The van der Waals surface area contributed by atoms with Gasteiger partial charge in [-0.1, -0.05) is 13.8 Å². The Hall–Kier alpha value is -1.59. The second kappa shape index (κ2) is 9.93. The molecule has 0 unspecified atom stereocenters. The fraction of sp³-hybridized carbons (Fsp3) is 0.600. The molecule has 1 heterocycles. The summed E-state index contributed by atoms with van der Waals surface area (Å²) in [4.78, 5) is 27.5. The van der Waals surface area contributed by atoms with Crippen LogP contribution in [0.2, 0.25) is 0 Å². The van der Waals surface area contributed by atoms with Gasteiger partial charge >= 0.3 is 0 Å². The number of likely N-dealkylation sites (tertiary alicyclic amines) is 1. The van der Waals surface area contributed by atoms with Crippen LogP contribution in [0.5, 0.6) is 5.75 Å². The lowest BCUT2D eigenvalue weighted by molar-refractivity contribution is -0.143. The third kappa shape index (κ3) is 4.57. The van der Waals surface area contributed by atoms with Gasteiger partial charge in [0.1, 0.15) is 5.75 Å². The maximum atomic E-state index is 12.9. The van der Waals surface area contributed by atoms with E-state index in [4.69, 9.17) is 10.5 Å². The van der Waals surface area contributed by atoms with Crippen LogP contribution in [-0.4, -0.2) is 43.3 Å². The van der Waals surface area contributed by atoms with Crippen molar-refractivity contribution in [1.82, 2.24) is 4.90 Å². The molecule has 5 nitrogen and oxygen atoms in total. The molecule has 2 N–H and O–H groups in total. The molecule has 1 aliphatic rings. The van der Waals surface area contributed by atoms with E-state index in [2.05, 4.69) is 0 Å². The summed E-state index contributed by atoms with van der Waals surface area (Å²) in [7, 11) is 1.61. The standard InChI is InChI=1S/C20H30N2O3.ClH/c1-4-20(5-2,14-21)19(24)22-12-10-16(11-13-22)18(23)15-6-8-17(25-3)9-7-15;/h6-9,16H,4-5,10-14,21H2,1-3H3;1H. The van der Waals surface area contributed by atoms with Gasteiger partial charge in [-0.05, 0) is 49.9 Å². The van der Waals surface area contributed by atoms with Gasteiger partial charge in [0.2, 0.25) is 5.91 Å². The number of carbonyl (C=O) groups is 2. The number of piperidine rings is 1. The van der Waals surface area contributed by atoms with E-state index in [0.29, 0.717) is 38.0 Å². The molecule has 1 aromatic carbocycles. The molecule has 1 aliphatic heterocycles. The molecule has 26 heavy (non-hydrogen) atoms. The van der Waals surface area contributed by atoms with Crippen LogP contribution in [0.25, 0.3) is 0 Å². The minimum absolute atomic E-state index is 0. The number of methoxy groups -OCH3 is 1. The van der Waals surface area contributed by atoms with Crippen molar-refractivity contribution in [3.05, 3.63) is 29.8 Å². The third-order valence-electron chi connectivity index (χ3n) is 5.73. The molecule has 0 aliphatic carbocycles. The van der Waals surface area contributed by atoms with Crippen LogP contribution in [-0.2, 0) is 4.79 Å². The average Bonchev–Trinajstić information content (AvgIpc) is 2.69. The van der Waals surface area contributed by atoms with Crippen LogP contribution in [0, 0.1) is 11.3 Å². The highest BCUT2D eigenvalue weighted by molar-refractivity contribution is 5.98. The number of hydrogen-bond donors (Lipinski definition) is 1. The Bertz CT molecular complexity index is 583. The molecule has 0 saturated carbocycles. The average molecular weight is 383 g/mol. The zero-order valence-corrected chi connectivity index (χ0v) is 16.8. The molecule has 146 valence electrons. The number of Topliss-reactive ketones (excluding diaryl/α,β-unsaturated/α-hetero) is 1. The predicted molar refractivity (Wildman–Crippen MR) is 106 cm³/mol. The smallest absolute Gasteiger partial charge is 0.230 e.